The summed E-state index contributed by atoms with van der Waals surface area (Å²) in [5.74, 6) is -1.22. The van der Waals surface area contributed by atoms with Gasteiger partial charge in [-0.3, -0.25) is 4.79 Å². The molecule has 2 N–H and O–H groups in total. The quantitative estimate of drug-likeness (QED) is 0.497. The Bertz CT molecular complexity index is 143. The van der Waals surface area contributed by atoms with Crippen LogP contribution in [0.15, 0.2) is 5.18 Å². The number of urea groups is 1. The number of nitroso groups, excluding NO2 is 1. The van der Waals surface area contributed by atoms with Gasteiger partial charge in [0.25, 0.3) is 0 Å². The third kappa shape index (κ3) is 4.39. The van der Waals surface area contributed by atoms with Crippen LogP contribution in [-0.4, -0.2) is 23.7 Å². The van der Waals surface area contributed by atoms with Crippen molar-refractivity contribution in [2.75, 3.05) is 6.54 Å². The molecule has 0 aromatic carbocycles. The number of carboxylic acid groups (broad SMARTS) is 1. The maximum absolute atomic E-state index is 9.86. The van der Waals surface area contributed by atoms with Gasteiger partial charge in [0.2, 0.25) is 0 Å². The summed E-state index contributed by atoms with van der Waals surface area (Å²) in [5.41, 5.74) is 0. The predicted molar refractivity (Wildman–Crippen MR) is 26.8 cm³/mol. The molecule has 2 amide bonds. The number of carbonyl (C=O) groups is 2. The SMILES string of the molecule is O=NC(=O)NCC(=O)O. The molecule has 6 heteroatoms. The van der Waals surface area contributed by atoms with Crippen molar-refractivity contribution in [2.24, 2.45) is 5.18 Å². The van der Waals surface area contributed by atoms with Crippen molar-refractivity contribution in [1.29, 1.82) is 0 Å². The minimum absolute atomic E-state index is 0.579. The molecule has 0 aliphatic carbocycles. The third-order valence-corrected chi connectivity index (χ3v) is 0.474. The molecule has 0 unspecified atom stereocenters. The Morgan fingerprint density at radius 2 is 2.11 bits per heavy atom. The van der Waals surface area contributed by atoms with Crippen molar-refractivity contribution in [3.05, 3.63) is 4.91 Å². The summed E-state index contributed by atoms with van der Waals surface area (Å²) in [6, 6.07) is -1.17. The van der Waals surface area contributed by atoms with Crippen molar-refractivity contribution >= 4 is 12.0 Å². The van der Waals surface area contributed by atoms with Gasteiger partial charge in [-0.05, 0) is 0 Å². The van der Waals surface area contributed by atoms with Gasteiger partial charge in [-0.1, -0.05) is 0 Å². The van der Waals surface area contributed by atoms with Gasteiger partial charge < -0.3 is 10.4 Å². The van der Waals surface area contributed by atoms with Crippen LogP contribution >= 0.6 is 0 Å². The second-order valence-electron chi connectivity index (χ2n) is 1.14. The molecule has 0 aromatic rings. The topological polar surface area (TPSA) is 95.8 Å². The summed E-state index contributed by atoms with van der Waals surface area (Å²) in [4.78, 5) is 28.8. The average Bonchev–Trinajstić information content (AvgIpc) is 1.83. The number of hydrogen-bond donors (Lipinski definition) is 2. The van der Waals surface area contributed by atoms with Crippen LogP contribution in [0.4, 0.5) is 4.79 Å². The van der Waals surface area contributed by atoms with Crippen LogP contribution < -0.4 is 5.32 Å². The number of nitrogens with one attached hydrogen (secondary N) is 1. The number of carboxylic acids is 1. The highest BCUT2D eigenvalue weighted by atomic mass is 16.4. The van der Waals surface area contributed by atoms with E-state index in [0.29, 0.717) is 0 Å². The number of aliphatic carboxylic acids is 1. The first kappa shape index (κ1) is 7.54. The minimum Gasteiger partial charge on any atom is -0.480 e. The van der Waals surface area contributed by atoms with Gasteiger partial charge in [-0.25, -0.2) is 4.79 Å². The molecule has 0 saturated heterocycles. The zero-order valence-electron chi connectivity index (χ0n) is 4.33. The van der Waals surface area contributed by atoms with E-state index in [4.69, 9.17) is 5.11 Å². The van der Waals surface area contributed by atoms with E-state index in [2.05, 4.69) is 0 Å². The zero-order chi connectivity index (χ0) is 7.28. The van der Waals surface area contributed by atoms with Crippen LogP contribution in [0.5, 0.6) is 0 Å². The molecule has 50 valence electrons. The lowest BCUT2D eigenvalue weighted by molar-refractivity contribution is -0.135. The largest absolute Gasteiger partial charge is 0.480 e. The van der Waals surface area contributed by atoms with Crippen molar-refractivity contribution < 1.29 is 14.7 Å². The lowest BCUT2D eigenvalue weighted by Gasteiger charge is -1.90. The van der Waals surface area contributed by atoms with Gasteiger partial charge in [0.05, 0.1) is 0 Å². The zero-order valence-corrected chi connectivity index (χ0v) is 4.33. The van der Waals surface area contributed by atoms with Gasteiger partial charge in [0, 0.05) is 5.18 Å². The molecule has 0 aliphatic rings. The molecule has 9 heavy (non-hydrogen) atoms. The predicted octanol–water partition coefficient (Wildman–Crippen LogP) is -0.453. The summed E-state index contributed by atoms with van der Waals surface area (Å²) < 4.78 is 0. The second kappa shape index (κ2) is 3.53. The fourth-order valence-corrected chi connectivity index (χ4v) is 0.184. The molecule has 0 spiro atoms. The Morgan fingerprint density at radius 3 is 2.44 bits per heavy atom. The standard InChI is InChI=1S/C3H4N2O4/c6-2(7)1-4-3(8)5-9/h1H2,(H,4,8)(H,6,7). The molecule has 0 atom stereocenters. The molecule has 0 radical (unpaired) electrons. The smallest absolute Gasteiger partial charge is 0.379 e. The van der Waals surface area contributed by atoms with Crippen LogP contribution in [0.2, 0.25) is 0 Å². The molecular weight excluding hydrogens is 128 g/mol. The molecular formula is C3H4N2O4. The van der Waals surface area contributed by atoms with Crippen LogP contribution in [0.25, 0.3) is 0 Å². The maximum Gasteiger partial charge on any atom is 0.379 e. The first-order valence-corrected chi connectivity index (χ1v) is 2.00. The number of amides is 2. The van der Waals surface area contributed by atoms with Crippen molar-refractivity contribution in [1.82, 2.24) is 5.32 Å². The van der Waals surface area contributed by atoms with Crippen LogP contribution in [-0.2, 0) is 4.79 Å². The van der Waals surface area contributed by atoms with Gasteiger partial charge in [-0.15, -0.1) is 4.91 Å². The Morgan fingerprint density at radius 1 is 1.56 bits per heavy atom. The van der Waals surface area contributed by atoms with E-state index in [1.807, 2.05) is 5.18 Å². The highest BCUT2D eigenvalue weighted by Gasteiger charge is 2.00. The lowest BCUT2D eigenvalue weighted by atomic mass is 10.7. The van der Waals surface area contributed by atoms with E-state index < -0.39 is 18.5 Å². The van der Waals surface area contributed by atoms with E-state index in [-0.39, 0.29) is 0 Å². The summed E-state index contributed by atoms with van der Waals surface area (Å²) in [5, 5.41) is 11.5. The number of carbonyl (C=O) groups excluding carboxylic acids is 1. The normalized spacial score (nSPS) is 8.00. The van der Waals surface area contributed by atoms with E-state index in [0.717, 1.165) is 0 Å². The second-order valence-corrected chi connectivity index (χ2v) is 1.14. The number of nitrogens with zero attached hydrogens (tertiary/aromatic N) is 1. The van der Waals surface area contributed by atoms with Gasteiger partial charge >= 0.3 is 12.0 Å². The van der Waals surface area contributed by atoms with E-state index in [1.165, 1.54) is 0 Å². The van der Waals surface area contributed by atoms with E-state index in [1.54, 1.807) is 5.32 Å². The highest BCUT2D eigenvalue weighted by Crippen LogP contribution is 1.68. The molecule has 0 heterocycles. The van der Waals surface area contributed by atoms with E-state index in [9.17, 15) is 14.5 Å². The molecule has 0 fully saturated rings. The van der Waals surface area contributed by atoms with E-state index >= 15 is 0 Å². The molecule has 6 nitrogen and oxygen atoms in total. The summed E-state index contributed by atoms with van der Waals surface area (Å²) in [6.07, 6.45) is 0. The van der Waals surface area contributed by atoms with Crippen molar-refractivity contribution in [2.45, 2.75) is 0 Å². The summed E-state index contributed by atoms with van der Waals surface area (Å²) in [7, 11) is 0. The number of hydrogen-bond acceptors (Lipinski definition) is 3. The molecule has 0 rings (SSSR count). The highest BCUT2D eigenvalue weighted by molar-refractivity contribution is 5.80. The average molecular weight is 132 g/mol. The van der Waals surface area contributed by atoms with Gasteiger partial charge in [-0.2, -0.15) is 0 Å². The fraction of sp³-hybridized carbons (Fsp3) is 0.333. The third-order valence-electron chi connectivity index (χ3n) is 0.474. The first-order chi connectivity index (χ1) is 4.16. The summed E-state index contributed by atoms with van der Waals surface area (Å²) >= 11 is 0. The van der Waals surface area contributed by atoms with Crippen LogP contribution in [0, 0.1) is 4.91 Å². The maximum atomic E-state index is 9.86. The lowest BCUT2D eigenvalue weighted by Crippen LogP contribution is -2.26. The Balaban J connectivity index is 3.39. The van der Waals surface area contributed by atoms with Crippen molar-refractivity contribution in [3.63, 3.8) is 0 Å². The summed E-state index contributed by atoms with van der Waals surface area (Å²) in [6.45, 7) is -0.579. The monoisotopic (exact) mass is 132 g/mol. The Kier molecular flexibility index (Phi) is 2.96. The molecule has 0 aromatic heterocycles. The molecule has 0 aliphatic heterocycles. The fourth-order valence-electron chi connectivity index (χ4n) is 0.184. The first-order valence-electron chi connectivity index (χ1n) is 2.00. The molecule has 0 bridgehead atoms. The number of rotatable bonds is 2. The van der Waals surface area contributed by atoms with Crippen LogP contribution in [0.1, 0.15) is 0 Å². The van der Waals surface area contributed by atoms with Gasteiger partial charge in [0.15, 0.2) is 0 Å². The van der Waals surface area contributed by atoms with Crippen molar-refractivity contribution in [3.8, 4) is 0 Å². The van der Waals surface area contributed by atoms with Gasteiger partial charge in [0.1, 0.15) is 6.54 Å². The van der Waals surface area contributed by atoms with Crippen LogP contribution in [0.3, 0.4) is 0 Å². The molecule has 0 saturated carbocycles. The Hall–Kier alpha value is -1.46. The minimum atomic E-state index is -1.22. The Labute approximate surface area is 49.8 Å².